The van der Waals surface area contributed by atoms with Gasteiger partial charge in [-0.25, -0.2) is 4.98 Å². The van der Waals surface area contributed by atoms with Gasteiger partial charge in [0, 0.05) is 18.5 Å². The molecule has 3 rings (SSSR count). The van der Waals surface area contributed by atoms with Gasteiger partial charge in [-0.3, -0.25) is 9.59 Å². The number of aromatic amines is 1. The third-order valence-corrected chi connectivity index (χ3v) is 4.64. The number of H-pyrrole nitrogens is 1. The molecule has 8 heteroatoms. The Balaban J connectivity index is 1.82. The molecule has 0 aliphatic heterocycles. The molecule has 0 bridgehead atoms. The van der Waals surface area contributed by atoms with Crippen LogP contribution in [0.4, 0.5) is 0 Å². The number of pyridine rings is 2. The predicted molar refractivity (Wildman–Crippen MR) is 91.8 cm³/mol. The van der Waals surface area contributed by atoms with Gasteiger partial charge in [-0.05, 0) is 30.4 Å². The molecule has 1 aliphatic carbocycles. The lowest BCUT2D eigenvalue weighted by atomic mass is 9.75. The first-order chi connectivity index (χ1) is 12.0. The number of nitrogens with zero attached hydrogens (tertiary/aromatic N) is 1. The number of nitrogens with one attached hydrogen (secondary N) is 2. The molecule has 7 nitrogen and oxygen atoms in total. The molecule has 25 heavy (non-hydrogen) atoms. The van der Waals surface area contributed by atoms with E-state index >= 15 is 0 Å². The van der Waals surface area contributed by atoms with Crippen LogP contribution in [0.15, 0.2) is 35.4 Å². The standard InChI is InChI=1S/C17H18ClN3O4/c1-25-14-3-2-9(7-19-14)15(10-4-12(22)5-10)21-16(23)11-6-13(18)17(24)20-8-11/h2-3,6-8,10,12,15,22H,4-5H2,1H3,(H,20,24)(H,21,23). The van der Waals surface area contributed by atoms with E-state index in [1.54, 1.807) is 12.3 Å². The molecule has 1 unspecified atom stereocenters. The molecule has 2 aromatic rings. The zero-order chi connectivity index (χ0) is 18.0. The fraction of sp³-hybridized carbons (Fsp3) is 0.353. The molecule has 2 heterocycles. The molecule has 1 aliphatic rings. The third-order valence-electron chi connectivity index (χ3n) is 4.36. The maximum Gasteiger partial charge on any atom is 0.266 e. The molecule has 1 fully saturated rings. The highest BCUT2D eigenvalue weighted by Crippen LogP contribution is 2.38. The molecule has 0 aromatic carbocycles. The van der Waals surface area contributed by atoms with Gasteiger partial charge in [0.25, 0.3) is 11.5 Å². The average Bonchev–Trinajstić information content (AvgIpc) is 2.59. The average molecular weight is 364 g/mol. The lowest BCUT2D eigenvalue weighted by Gasteiger charge is -2.38. The lowest BCUT2D eigenvalue weighted by molar-refractivity contribution is 0.0234. The second-order valence-electron chi connectivity index (χ2n) is 6.04. The number of halogens is 1. The molecular formula is C17H18ClN3O4. The van der Waals surface area contributed by atoms with Crippen molar-refractivity contribution in [2.24, 2.45) is 5.92 Å². The second-order valence-corrected chi connectivity index (χ2v) is 6.44. The summed E-state index contributed by atoms with van der Waals surface area (Å²) in [6, 6.07) is 4.58. The molecule has 0 radical (unpaired) electrons. The number of carbonyl (C=O) groups excluding carboxylic acids is 1. The van der Waals surface area contributed by atoms with E-state index in [9.17, 15) is 14.7 Å². The third kappa shape index (κ3) is 3.83. The van der Waals surface area contributed by atoms with Crippen LogP contribution in [0.25, 0.3) is 0 Å². The summed E-state index contributed by atoms with van der Waals surface area (Å²) in [6.07, 6.45) is 3.82. The van der Waals surface area contributed by atoms with Crippen molar-refractivity contribution < 1.29 is 14.6 Å². The molecule has 2 aromatic heterocycles. The molecule has 1 saturated carbocycles. The number of carbonyl (C=O) groups is 1. The Morgan fingerprint density at radius 3 is 2.80 bits per heavy atom. The van der Waals surface area contributed by atoms with Crippen LogP contribution in [0.2, 0.25) is 5.02 Å². The van der Waals surface area contributed by atoms with E-state index in [2.05, 4.69) is 15.3 Å². The summed E-state index contributed by atoms with van der Waals surface area (Å²) in [4.78, 5) is 30.5. The van der Waals surface area contributed by atoms with Crippen LogP contribution in [-0.4, -0.2) is 34.2 Å². The minimum absolute atomic E-state index is 0.0469. The van der Waals surface area contributed by atoms with Crippen LogP contribution >= 0.6 is 11.6 Å². The van der Waals surface area contributed by atoms with E-state index < -0.39 is 5.56 Å². The summed E-state index contributed by atoms with van der Waals surface area (Å²) >= 11 is 5.78. The fourth-order valence-electron chi connectivity index (χ4n) is 2.88. The number of hydrogen-bond donors (Lipinski definition) is 3. The van der Waals surface area contributed by atoms with Crippen LogP contribution < -0.4 is 15.6 Å². The Bertz CT molecular complexity index is 815. The number of aliphatic hydroxyl groups excluding tert-OH is 1. The summed E-state index contributed by atoms with van der Waals surface area (Å²) in [5.74, 6) is 0.225. The summed E-state index contributed by atoms with van der Waals surface area (Å²) in [7, 11) is 1.53. The Morgan fingerprint density at radius 2 is 2.24 bits per heavy atom. The van der Waals surface area contributed by atoms with Gasteiger partial charge >= 0.3 is 0 Å². The Morgan fingerprint density at radius 1 is 1.48 bits per heavy atom. The molecule has 0 saturated heterocycles. The lowest BCUT2D eigenvalue weighted by Crippen LogP contribution is -2.41. The van der Waals surface area contributed by atoms with Crippen LogP contribution in [0, 0.1) is 5.92 Å². The fourth-order valence-corrected chi connectivity index (χ4v) is 3.06. The first-order valence-corrected chi connectivity index (χ1v) is 8.23. The van der Waals surface area contributed by atoms with Crippen molar-refractivity contribution in [2.75, 3.05) is 7.11 Å². The number of aromatic nitrogens is 2. The number of amides is 1. The largest absolute Gasteiger partial charge is 0.481 e. The van der Waals surface area contributed by atoms with Crippen LogP contribution in [0.5, 0.6) is 5.88 Å². The summed E-state index contributed by atoms with van der Waals surface area (Å²) in [5.41, 5.74) is 0.633. The Labute approximate surface area is 149 Å². The number of ether oxygens (including phenoxy) is 1. The molecule has 132 valence electrons. The summed E-state index contributed by atoms with van der Waals surface area (Å²) in [6.45, 7) is 0. The number of methoxy groups -OCH3 is 1. The van der Waals surface area contributed by atoms with Crippen molar-refractivity contribution >= 4 is 17.5 Å². The van der Waals surface area contributed by atoms with E-state index in [0.29, 0.717) is 18.7 Å². The minimum Gasteiger partial charge on any atom is -0.481 e. The second kappa shape index (κ2) is 7.25. The number of rotatable bonds is 5. The smallest absolute Gasteiger partial charge is 0.266 e. The zero-order valence-electron chi connectivity index (χ0n) is 13.5. The molecule has 1 atom stereocenters. The van der Waals surface area contributed by atoms with E-state index in [4.69, 9.17) is 16.3 Å². The Kier molecular flexibility index (Phi) is 5.06. The van der Waals surface area contributed by atoms with Crippen LogP contribution in [0.3, 0.4) is 0 Å². The quantitative estimate of drug-likeness (QED) is 0.749. The van der Waals surface area contributed by atoms with Crippen LogP contribution in [0.1, 0.15) is 34.8 Å². The normalized spacial score (nSPS) is 20.4. The Hall–Kier alpha value is -2.38. The van der Waals surface area contributed by atoms with Gasteiger partial charge in [0.15, 0.2) is 0 Å². The van der Waals surface area contributed by atoms with Crippen molar-refractivity contribution in [3.8, 4) is 5.88 Å². The SMILES string of the molecule is COc1ccc(C(NC(=O)c2c[nH]c(=O)c(Cl)c2)C2CC(O)C2)cn1. The topological polar surface area (TPSA) is 104 Å². The first-order valence-electron chi connectivity index (χ1n) is 7.85. The minimum atomic E-state index is -0.448. The van der Waals surface area contributed by atoms with Gasteiger partial charge < -0.3 is 20.1 Å². The monoisotopic (exact) mass is 363 g/mol. The van der Waals surface area contributed by atoms with Gasteiger partial charge in [0.1, 0.15) is 5.02 Å². The maximum atomic E-state index is 12.5. The molecule has 3 N–H and O–H groups in total. The van der Waals surface area contributed by atoms with Gasteiger partial charge in [-0.2, -0.15) is 0 Å². The van der Waals surface area contributed by atoms with Crippen molar-refractivity contribution in [3.05, 3.63) is 57.1 Å². The highest BCUT2D eigenvalue weighted by molar-refractivity contribution is 6.30. The van der Waals surface area contributed by atoms with Gasteiger partial charge in [0.2, 0.25) is 5.88 Å². The molecule has 1 amide bonds. The van der Waals surface area contributed by atoms with Crippen LogP contribution in [-0.2, 0) is 0 Å². The van der Waals surface area contributed by atoms with Gasteiger partial charge in [-0.15, -0.1) is 0 Å². The predicted octanol–water partition coefficient (Wildman–Crippen LogP) is 1.67. The van der Waals surface area contributed by atoms with E-state index in [1.807, 2.05) is 6.07 Å². The first kappa shape index (κ1) is 17.4. The van der Waals surface area contributed by atoms with Crippen molar-refractivity contribution in [1.82, 2.24) is 15.3 Å². The summed E-state index contributed by atoms with van der Waals surface area (Å²) in [5, 5.41) is 12.5. The van der Waals surface area contributed by atoms with Crippen molar-refractivity contribution in [1.29, 1.82) is 0 Å². The number of hydrogen-bond acceptors (Lipinski definition) is 5. The molecule has 0 spiro atoms. The molecular weight excluding hydrogens is 346 g/mol. The van der Waals surface area contributed by atoms with Crippen molar-refractivity contribution in [3.63, 3.8) is 0 Å². The number of aliphatic hydroxyl groups is 1. The van der Waals surface area contributed by atoms with E-state index in [0.717, 1.165) is 5.56 Å². The highest BCUT2D eigenvalue weighted by atomic mass is 35.5. The summed E-state index contributed by atoms with van der Waals surface area (Å²) < 4.78 is 5.05. The van der Waals surface area contributed by atoms with E-state index in [1.165, 1.54) is 19.4 Å². The van der Waals surface area contributed by atoms with Gasteiger partial charge in [0.05, 0.1) is 24.8 Å². The highest BCUT2D eigenvalue weighted by Gasteiger charge is 2.36. The van der Waals surface area contributed by atoms with E-state index in [-0.39, 0.29) is 34.6 Å². The van der Waals surface area contributed by atoms with Crippen molar-refractivity contribution in [2.45, 2.75) is 25.0 Å². The zero-order valence-corrected chi connectivity index (χ0v) is 14.3. The van der Waals surface area contributed by atoms with Gasteiger partial charge in [-0.1, -0.05) is 17.7 Å². The maximum absolute atomic E-state index is 12.5.